The SMILES string of the molecule is COC(=O)c1ccc(NS(=O)(=O)c2ccc(-c3ccccc3)cc2)o1. The van der Waals surface area contributed by atoms with Crippen molar-refractivity contribution in [3.63, 3.8) is 0 Å². The quantitative estimate of drug-likeness (QED) is 0.706. The van der Waals surface area contributed by atoms with E-state index in [4.69, 9.17) is 4.42 Å². The van der Waals surface area contributed by atoms with Gasteiger partial charge in [0.05, 0.1) is 12.0 Å². The fraction of sp³-hybridized carbons (Fsp3) is 0.0556. The zero-order valence-corrected chi connectivity index (χ0v) is 14.1. The van der Waals surface area contributed by atoms with Gasteiger partial charge in [-0.15, -0.1) is 0 Å². The number of hydrogen-bond donors (Lipinski definition) is 1. The van der Waals surface area contributed by atoms with E-state index in [2.05, 4.69) is 9.46 Å². The number of ether oxygens (including phenoxy) is 1. The molecule has 1 heterocycles. The highest BCUT2D eigenvalue weighted by Crippen LogP contribution is 2.23. The molecular weight excluding hydrogens is 342 g/mol. The number of methoxy groups -OCH3 is 1. The van der Waals surface area contributed by atoms with Crippen LogP contribution in [0.4, 0.5) is 5.88 Å². The maximum atomic E-state index is 12.4. The normalized spacial score (nSPS) is 11.1. The molecule has 3 aromatic rings. The Hall–Kier alpha value is -3.06. The van der Waals surface area contributed by atoms with Gasteiger partial charge in [0.15, 0.2) is 0 Å². The first-order chi connectivity index (χ1) is 12.0. The molecule has 0 amide bonds. The Kier molecular flexibility index (Phi) is 4.58. The highest BCUT2D eigenvalue weighted by atomic mass is 32.2. The molecule has 0 saturated heterocycles. The lowest BCUT2D eigenvalue weighted by Gasteiger charge is -2.07. The summed E-state index contributed by atoms with van der Waals surface area (Å²) >= 11 is 0. The summed E-state index contributed by atoms with van der Waals surface area (Å²) in [5, 5.41) is 0. The molecule has 0 unspecified atom stereocenters. The molecule has 0 aliphatic heterocycles. The molecule has 3 rings (SSSR count). The number of benzene rings is 2. The van der Waals surface area contributed by atoms with Crippen molar-refractivity contribution in [1.29, 1.82) is 0 Å². The van der Waals surface area contributed by atoms with E-state index >= 15 is 0 Å². The van der Waals surface area contributed by atoms with Crippen molar-refractivity contribution in [2.45, 2.75) is 4.90 Å². The average Bonchev–Trinajstić information content (AvgIpc) is 3.09. The molecule has 0 aliphatic carbocycles. The Morgan fingerprint density at radius 3 is 2.20 bits per heavy atom. The van der Waals surface area contributed by atoms with Crippen LogP contribution in [-0.2, 0) is 14.8 Å². The lowest BCUT2D eigenvalue weighted by molar-refractivity contribution is 0.0566. The third-order valence-electron chi connectivity index (χ3n) is 3.50. The summed E-state index contributed by atoms with van der Waals surface area (Å²) in [5.41, 5.74) is 1.90. The first-order valence-corrected chi connectivity index (χ1v) is 8.84. The zero-order chi connectivity index (χ0) is 17.9. The van der Waals surface area contributed by atoms with Gasteiger partial charge in [0.2, 0.25) is 11.6 Å². The lowest BCUT2D eigenvalue weighted by atomic mass is 10.1. The highest BCUT2D eigenvalue weighted by molar-refractivity contribution is 7.92. The molecule has 0 bridgehead atoms. The van der Waals surface area contributed by atoms with Gasteiger partial charge in [0, 0.05) is 6.07 Å². The Morgan fingerprint density at radius 1 is 0.920 bits per heavy atom. The van der Waals surface area contributed by atoms with Crippen LogP contribution >= 0.6 is 0 Å². The van der Waals surface area contributed by atoms with Crippen molar-refractivity contribution < 1.29 is 22.4 Å². The lowest BCUT2D eigenvalue weighted by Crippen LogP contribution is -2.12. The minimum atomic E-state index is -3.83. The first kappa shape index (κ1) is 16.8. The number of nitrogens with one attached hydrogen (secondary N) is 1. The molecule has 1 N–H and O–H groups in total. The van der Waals surface area contributed by atoms with Crippen LogP contribution in [0.15, 0.2) is 76.0 Å². The van der Waals surface area contributed by atoms with Crippen molar-refractivity contribution in [3.8, 4) is 11.1 Å². The summed E-state index contributed by atoms with van der Waals surface area (Å²) < 4.78 is 36.7. The third kappa shape index (κ3) is 3.72. The van der Waals surface area contributed by atoms with Gasteiger partial charge >= 0.3 is 5.97 Å². The molecule has 0 aliphatic rings. The average molecular weight is 357 g/mol. The fourth-order valence-corrected chi connectivity index (χ4v) is 3.24. The summed E-state index contributed by atoms with van der Waals surface area (Å²) in [6.45, 7) is 0. The Morgan fingerprint density at radius 2 is 1.56 bits per heavy atom. The largest absolute Gasteiger partial charge is 0.463 e. The van der Waals surface area contributed by atoms with Crippen molar-refractivity contribution >= 4 is 21.9 Å². The molecule has 6 nitrogen and oxygen atoms in total. The van der Waals surface area contributed by atoms with Crippen LogP contribution < -0.4 is 4.72 Å². The van der Waals surface area contributed by atoms with Crippen LogP contribution in [0.1, 0.15) is 10.6 Å². The van der Waals surface area contributed by atoms with Crippen LogP contribution in [0.5, 0.6) is 0 Å². The van der Waals surface area contributed by atoms with Gasteiger partial charge in [-0.25, -0.2) is 17.9 Å². The van der Waals surface area contributed by atoms with Crippen molar-refractivity contribution in [3.05, 3.63) is 72.5 Å². The number of esters is 1. The smallest absolute Gasteiger partial charge is 0.374 e. The van der Waals surface area contributed by atoms with E-state index in [0.717, 1.165) is 11.1 Å². The summed E-state index contributed by atoms with van der Waals surface area (Å²) in [6, 6.07) is 18.8. The summed E-state index contributed by atoms with van der Waals surface area (Å²) in [6.07, 6.45) is 0. The number of carbonyl (C=O) groups excluding carboxylic acids is 1. The van der Waals surface area contributed by atoms with Gasteiger partial charge in [0.25, 0.3) is 10.0 Å². The van der Waals surface area contributed by atoms with E-state index in [9.17, 15) is 13.2 Å². The second kappa shape index (κ2) is 6.82. The maximum absolute atomic E-state index is 12.4. The van der Waals surface area contributed by atoms with Gasteiger partial charge in [-0.2, -0.15) is 0 Å². The predicted octanol–water partition coefficient (Wildman–Crippen LogP) is 3.53. The molecule has 0 atom stereocenters. The molecule has 0 saturated carbocycles. The number of rotatable bonds is 5. The van der Waals surface area contributed by atoms with Crippen LogP contribution in [0.25, 0.3) is 11.1 Å². The van der Waals surface area contributed by atoms with Crippen LogP contribution in [0.2, 0.25) is 0 Å². The summed E-state index contributed by atoms with van der Waals surface area (Å²) in [7, 11) is -2.62. The summed E-state index contributed by atoms with van der Waals surface area (Å²) in [5.74, 6) is -0.829. The van der Waals surface area contributed by atoms with E-state index in [0.29, 0.717) is 0 Å². The van der Waals surface area contributed by atoms with E-state index < -0.39 is 16.0 Å². The molecule has 0 spiro atoms. The second-order valence-electron chi connectivity index (χ2n) is 5.15. The number of carbonyl (C=O) groups is 1. The van der Waals surface area contributed by atoms with Gasteiger partial charge in [0.1, 0.15) is 0 Å². The monoisotopic (exact) mass is 357 g/mol. The van der Waals surface area contributed by atoms with Crippen molar-refractivity contribution in [2.24, 2.45) is 0 Å². The number of furan rings is 1. The van der Waals surface area contributed by atoms with Gasteiger partial charge < -0.3 is 9.15 Å². The Labute approximate surface area is 145 Å². The minimum Gasteiger partial charge on any atom is -0.463 e. The second-order valence-corrected chi connectivity index (χ2v) is 6.83. The topological polar surface area (TPSA) is 85.6 Å². The van der Waals surface area contributed by atoms with Gasteiger partial charge in [-0.05, 0) is 29.3 Å². The van der Waals surface area contributed by atoms with Crippen LogP contribution in [0, 0.1) is 0 Å². The fourth-order valence-electron chi connectivity index (χ4n) is 2.25. The van der Waals surface area contributed by atoms with Gasteiger partial charge in [-0.3, -0.25) is 0 Å². The van der Waals surface area contributed by atoms with Crippen LogP contribution in [0.3, 0.4) is 0 Å². The molecule has 2 aromatic carbocycles. The third-order valence-corrected chi connectivity index (χ3v) is 4.86. The standard InChI is InChI=1S/C18H15NO5S/c1-23-18(20)16-11-12-17(24-16)19-25(21,22)15-9-7-14(8-10-15)13-5-3-2-4-6-13/h2-12,19H,1H3. The molecular formula is C18H15NO5S. The molecule has 1 aromatic heterocycles. The molecule has 25 heavy (non-hydrogen) atoms. The zero-order valence-electron chi connectivity index (χ0n) is 13.3. The predicted molar refractivity (Wildman–Crippen MR) is 92.7 cm³/mol. The van der Waals surface area contributed by atoms with E-state index in [1.54, 1.807) is 12.1 Å². The minimum absolute atomic E-state index is 0.0625. The van der Waals surface area contributed by atoms with E-state index in [1.165, 1.54) is 31.4 Å². The van der Waals surface area contributed by atoms with Crippen LogP contribution in [-0.4, -0.2) is 21.5 Å². The number of hydrogen-bond acceptors (Lipinski definition) is 5. The Bertz CT molecular complexity index is 976. The number of sulfonamides is 1. The molecule has 0 fully saturated rings. The molecule has 0 radical (unpaired) electrons. The molecule has 128 valence electrons. The summed E-state index contributed by atoms with van der Waals surface area (Å²) in [4.78, 5) is 11.4. The highest BCUT2D eigenvalue weighted by Gasteiger charge is 2.18. The Balaban J connectivity index is 1.80. The van der Waals surface area contributed by atoms with Crippen molar-refractivity contribution in [1.82, 2.24) is 0 Å². The van der Waals surface area contributed by atoms with E-state index in [-0.39, 0.29) is 16.5 Å². The molecule has 7 heteroatoms. The van der Waals surface area contributed by atoms with Crippen molar-refractivity contribution in [2.75, 3.05) is 11.8 Å². The number of anilines is 1. The van der Waals surface area contributed by atoms with E-state index in [1.807, 2.05) is 30.3 Å². The maximum Gasteiger partial charge on any atom is 0.374 e. The van der Waals surface area contributed by atoms with Gasteiger partial charge in [-0.1, -0.05) is 42.5 Å². The first-order valence-electron chi connectivity index (χ1n) is 7.36.